The summed E-state index contributed by atoms with van der Waals surface area (Å²) in [6.07, 6.45) is 0.572. The average Bonchev–Trinajstić information content (AvgIpc) is 2.86. The van der Waals surface area contributed by atoms with Gasteiger partial charge in [-0.25, -0.2) is 4.39 Å². The number of ether oxygens (including phenoxy) is 1. The van der Waals surface area contributed by atoms with E-state index >= 15 is 0 Å². The van der Waals surface area contributed by atoms with Crippen molar-refractivity contribution in [1.82, 2.24) is 10.2 Å². The zero-order valence-electron chi connectivity index (χ0n) is 11.5. The van der Waals surface area contributed by atoms with Gasteiger partial charge in [0, 0.05) is 18.8 Å². The van der Waals surface area contributed by atoms with Crippen LogP contribution in [0.3, 0.4) is 0 Å². The summed E-state index contributed by atoms with van der Waals surface area (Å²) in [4.78, 5) is 24.5. The summed E-state index contributed by atoms with van der Waals surface area (Å²) in [6.45, 7) is 1.47. The van der Waals surface area contributed by atoms with Gasteiger partial charge >= 0.3 is 0 Å². The van der Waals surface area contributed by atoms with Gasteiger partial charge in [0.15, 0.2) is 11.6 Å². The maximum Gasteiger partial charge on any atom is 0.282 e. The van der Waals surface area contributed by atoms with Crippen LogP contribution in [0.15, 0.2) is 24.3 Å². The summed E-state index contributed by atoms with van der Waals surface area (Å²) in [5.41, 5.74) is 0. The lowest BCUT2D eigenvalue weighted by molar-refractivity contribution is -0.121. The molecule has 2 rings (SSSR count). The number of nitrogens with zero attached hydrogens (tertiary/aromatic N) is 1. The number of amides is 2. The number of hydrogen-bond acceptors (Lipinski definition) is 4. The monoisotopic (exact) mass is 312 g/mol. The molecule has 1 fully saturated rings. The minimum atomic E-state index is -0.397. The number of nitrogens with one attached hydrogen (secondary N) is 1. The van der Waals surface area contributed by atoms with Crippen LogP contribution < -0.4 is 10.1 Å². The van der Waals surface area contributed by atoms with Crippen LogP contribution in [0.5, 0.6) is 5.75 Å². The minimum absolute atomic E-state index is 0.0481. The van der Waals surface area contributed by atoms with Crippen LogP contribution in [0.1, 0.15) is 6.42 Å². The molecule has 2 amide bonds. The Morgan fingerprint density at radius 3 is 2.95 bits per heavy atom. The highest BCUT2D eigenvalue weighted by Gasteiger charge is 2.22. The maximum absolute atomic E-state index is 13.3. The summed E-state index contributed by atoms with van der Waals surface area (Å²) in [6, 6.07) is 6.19. The van der Waals surface area contributed by atoms with Crippen molar-refractivity contribution in [3.05, 3.63) is 30.1 Å². The van der Waals surface area contributed by atoms with Crippen LogP contribution in [0.4, 0.5) is 9.18 Å². The Morgan fingerprint density at radius 2 is 2.24 bits per heavy atom. The first-order valence-corrected chi connectivity index (χ1v) is 7.71. The molecular formula is C14H17FN2O3S. The van der Waals surface area contributed by atoms with Crippen molar-refractivity contribution in [3.63, 3.8) is 0 Å². The molecule has 1 saturated heterocycles. The first-order chi connectivity index (χ1) is 10.2. The molecule has 1 aliphatic rings. The van der Waals surface area contributed by atoms with Gasteiger partial charge in [-0.2, -0.15) is 0 Å². The number of halogens is 1. The fourth-order valence-electron chi connectivity index (χ4n) is 1.84. The van der Waals surface area contributed by atoms with E-state index in [0.29, 0.717) is 26.1 Å². The van der Waals surface area contributed by atoms with Crippen molar-refractivity contribution < 1.29 is 18.7 Å². The summed E-state index contributed by atoms with van der Waals surface area (Å²) in [5, 5.41) is 2.67. The molecule has 0 saturated carbocycles. The van der Waals surface area contributed by atoms with E-state index in [0.717, 1.165) is 5.75 Å². The summed E-state index contributed by atoms with van der Waals surface area (Å²) in [7, 11) is 0. The second-order valence-corrected chi connectivity index (χ2v) is 5.56. The van der Waals surface area contributed by atoms with Gasteiger partial charge in [0.1, 0.15) is 6.54 Å². The van der Waals surface area contributed by atoms with Gasteiger partial charge in [-0.05, 0) is 18.6 Å². The van der Waals surface area contributed by atoms with E-state index < -0.39 is 5.82 Å². The average molecular weight is 312 g/mol. The van der Waals surface area contributed by atoms with Crippen LogP contribution in [0.2, 0.25) is 0 Å². The maximum atomic E-state index is 13.3. The molecule has 0 bridgehead atoms. The van der Waals surface area contributed by atoms with Crippen molar-refractivity contribution in [2.75, 3.05) is 32.0 Å². The molecule has 0 unspecified atom stereocenters. The summed E-state index contributed by atoms with van der Waals surface area (Å²) in [5.74, 6) is 0.370. The third-order valence-electron chi connectivity index (χ3n) is 2.92. The lowest BCUT2D eigenvalue weighted by Crippen LogP contribution is -2.37. The Morgan fingerprint density at radius 1 is 1.43 bits per heavy atom. The molecule has 0 radical (unpaired) electrons. The van der Waals surface area contributed by atoms with E-state index in [-0.39, 0.29) is 23.4 Å². The van der Waals surface area contributed by atoms with Crippen molar-refractivity contribution in [3.8, 4) is 5.75 Å². The lowest BCUT2D eigenvalue weighted by atomic mass is 10.3. The van der Waals surface area contributed by atoms with Gasteiger partial charge < -0.3 is 15.0 Å². The molecule has 1 aliphatic heterocycles. The summed E-state index contributed by atoms with van der Waals surface area (Å²) < 4.78 is 18.5. The zero-order valence-corrected chi connectivity index (χ0v) is 12.3. The smallest absolute Gasteiger partial charge is 0.282 e. The first-order valence-electron chi connectivity index (χ1n) is 6.72. The number of para-hydroxylation sites is 1. The Bertz CT molecular complexity index is 513. The molecule has 0 atom stereocenters. The van der Waals surface area contributed by atoms with E-state index in [1.165, 1.54) is 22.7 Å². The molecule has 0 spiro atoms. The highest BCUT2D eigenvalue weighted by atomic mass is 32.2. The van der Waals surface area contributed by atoms with Gasteiger partial charge in [-0.15, -0.1) is 0 Å². The van der Waals surface area contributed by atoms with Crippen LogP contribution in [-0.2, 0) is 4.79 Å². The Kier molecular flexibility index (Phi) is 5.86. The number of carbonyl (C=O) groups excluding carboxylic acids is 2. The van der Waals surface area contributed by atoms with E-state index in [9.17, 15) is 14.0 Å². The molecule has 1 N–H and O–H groups in total. The molecule has 5 nitrogen and oxygen atoms in total. The van der Waals surface area contributed by atoms with E-state index in [2.05, 4.69) is 5.32 Å². The normalized spacial score (nSPS) is 14.3. The molecule has 21 heavy (non-hydrogen) atoms. The van der Waals surface area contributed by atoms with E-state index in [4.69, 9.17) is 4.74 Å². The van der Waals surface area contributed by atoms with Gasteiger partial charge in [-0.3, -0.25) is 9.59 Å². The van der Waals surface area contributed by atoms with Gasteiger partial charge in [-0.1, -0.05) is 23.9 Å². The van der Waals surface area contributed by atoms with Crippen molar-refractivity contribution in [2.45, 2.75) is 6.42 Å². The Labute approximate surface area is 126 Å². The molecule has 7 heteroatoms. The molecule has 1 aromatic rings. The summed E-state index contributed by atoms with van der Waals surface area (Å²) >= 11 is 1.23. The number of rotatable bonds is 7. The standard InChI is InChI=1S/C14H17FN2O3S/c15-11-4-1-2-5-12(11)20-8-3-6-16-13(18)10-17-7-9-21-14(17)19/h1-2,4-5H,3,6-10H2,(H,16,18). The largest absolute Gasteiger partial charge is 0.490 e. The van der Waals surface area contributed by atoms with Gasteiger partial charge in [0.2, 0.25) is 5.91 Å². The Hall–Kier alpha value is -1.76. The topological polar surface area (TPSA) is 58.6 Å². The number of thioether (sulfide) groups is 1. The van der Waals surface area contributed by atoms with Crippen molar-refractivity contribution >= 4 is 22.9 Å². The van der Waals surface area contributed by atoms with Crippen LogP contribution in [0.25, 0.3) is 0 Å². The predicted octanol–water partition coefficient (Wildman–Crippen LogP) is 1.88. The molecule has 0 aliphatic carbocycles. The third kappa shape index (κ3) is 4.93. The second-order valence-electron chi connectivity index (χ2n) is 4.52. The fourth-order valence-corrected chi connectivity index (χ4v) is 2.67. The fraction of sp³-hybridized carbons (Fsp3) is 0.429. The SMILES string of the molecule is O=C(CN1CCSC1=O)NCCCOc1ccccc1F. The van der Waals surface area contributed by atoms with Crippen molar-refractivity contribution in [1.29, 1.82) is 0 Å². The highest BCUT2D eigenvalue weighted by Crippen LogP contribution is 2.16. The molecule has 114 valence electrons. The number of carbonyl (C=O) groups is 2. The van der Waals surface area contributed by atoms with E-state index in [1.807, 2.05) is 0 Å². The van der Waals surface area contributed by atoms with Gasteiger partial charge in [0.25, 0.3) is 5.24 Å². The predicted molar refractivity (Wildman–Crippen MR) is 78.9 cm³/mol. The zero-order chi connectivity index (χ0) is 15.1. The first kappa shape index (κ1) is 15.6. The quantitative estimate of drug-likeness (QED) is 0.781. The van der Waals surface area contributed by atoms with Crippen LogP contribution >= 0.6 is 11.8 Å². The van der Waals surface area contributed by atoms with Crippen molar-refractivity contribution in [2.24, 2.45) is 0 Å². The minimum Gasteiger partial charge on any atom is -0.490 e. The number of hydrogen-bond donors (Lipinski definition) is 1. The highest BCUT2D eigenvalue weighted by molar-refractivity contribution is 8.13. The number of benzene rings is 1. The Balaban J connectivity index is 1.58. The molecule has 1 aromatic carbocycles. The van der Waals surface area contributed by atoms with E-state index in [1.54, 1.807) is 18.2 Å². The third-order valence-corrected chi connectivity index (χ3v) is 3.81. The van der Waals surface area contributed by atoms with Gasteiger partial charge in [0.05, 0.1) is 6.61 Å². The second kappa shape index (κ2) is 7.87. The lowest BCUT2D eigenvalue weighted by Gasteiger charge is -2.14. The molecule has 1 heterocycles. The molecular weight excluding hydrogens is 295 g/mol. The van der Waals surface area contributed by atoms with Crippen LogP contribution in [0, 0.1) is 5.82 Å². The van der Waals surface area contributed by atoms with Crippen LogP contribution in [-0.4, -0.2) is 48.0 Å². The molecule has 0 aromatic heterocycles.